The summed E-state index contributed by atoms with van der Waals surface area (Å²) in [7, 11) is 8.76. The lowest BCUT2D eigenvalue weighted by Crippen LogP contribution is -2.54. The van der Waals surface area contributed by atoms with Gasteiger partial charge < -0.3 is 24.6 Å². The van der Waals surface area contributed by atoms with E-state index in [0.717, 1.165) is 24.0 Å². The highest BCUT2D eigenvalue weighted by molar-refractivity contribution is 5.90. The molecule has 2 aromatic carbocycles. The lowest BCUT2D eigenvalue weighted by Gasteiger charge is -2.41. The van der Waals surface area contributed by atoms with Crippen LogP contribution in [-0.2, 0) is 46.3 Å². The first-order valence-electron chi connectivity index (χ1n) is 23.1. The van der Waals surface area contributed by atoms with E-state index in [4.69, 9.17) is 9.47 Å². The topological polar surface area (TPSA) is 126 Å². The van der Waals surface area contributed by atoms with Crippen LogP contribution in [0.25, 0.3) is 0 Å². The molecule has 62 heavy (non-hydrogen) atoms. The van der Waals surface area contributed by atoms with Crippen LogP contribution < -0.4 is 5.32 Å². The fraction of sp³-hybridized carbons (Fsp3) is 0.667. The minimum Gasteiger partial charge on any atom is -0.379 e. The Labute approximate surface area is 374 Å². The van der Waals surface area contributed by atoms with E-state index in [2.05, 4.69) is 43.4 Å². The number of nitrogens with zero attached hydrogens (tertiary/aromatic N) is 3. The van der Waals surface area contributed by atoms with Crippen molar-refractivity contribution < 1.29 is 33.4 Å². The Morgan fingerprint density at radius 2 is 1.45 bits per heavy atom. The number of methoxy groups -OCH3 is 2. The normalized spacial score (nSPS) is 18.2. The molecule has 1 saturated heterocycles. The molecule has 9 atom stereocenters. The molecule has 0 aromatic heterocycles. The Hall–Kier alpha value is -3.93. The van der Waals surface area contributed by atoms with Gasteiger partial charge in [-0.15, -0.1) is 0 Å². The predicted molar refractivity (Wildman–Crippen MR) is 248 cm³/mol. The molecule has 1 aliphatic rings. The number of carbonyl (C=O) groups is 5. The van der Waals surface area contributed by atoms with Gasteiger partial charge in [0.15, 0.2) is 5.78 Å². The van der Waals surface area contributed by atoms with Gasteiger partial charge in [0, 0.05) is 65.0 Å². The third-order valence-electron chi connectivity index (χ3n) is 13.4. The van der Waals surface area contributed by atoms with Crippen LogP contribution in [0.4, 0.5) is 0 Å². The number of rotatable bonds is 26. The highest BCUT2D eigenvalue weighted by Crippen LogP contribution is 2.32. The molecule has 1 heterocycles. The van der Waals surface area contributed by atoms with Gasteiger partial charge in [-0.05, 0) is 75.6 Å². The van der Waals surface area contributed by atoms with E-state index in [-0.39, 0.29) is 78.4 Å². The molecule has 1 fully saturated rings. The fourth-order valence-corrected chi connectivity index (χ4v) is 9.62. The molecule has 0 spiro atoms. The number of aryl methyl sites for hydroxylation is 1. The monoisotopic (exact) mass is 861 g/mol. The Morgan fingerprint density at radius 1 is 0.806 bits per heavy atom. The Bertz CT molecular complexity index is 1710. The summed E-state index contributed by atoms with van der Waals surface area (Å²) in [6, 6.07) is 17.0. The summed E-state index contributed by atoms with van der Waals surface area (Å²) in [4.78, 5) is 75.9. The molecule has 0 bridgehead atoms. The number of hydrogen-bond donors (Lipinski definition) is 1. The molecular formula is C51H80N4O7. The summed E-state index contributed by atoms with van der Waals surface area (Å²) in [5.41, 5.74) is 3.30. The molecule has 11 heteroatoms. The van der Waals surface area contributed by atoms with Crippen LogP contribution >= 0.6 is 0 Å². The van der Waals surface area contributed by atoms with Crippen LogP contribution in [0, 0.1) is 42.4 Å². The first-order valence-corrected chi connectivity index (χ1v) is 23.1. The summed E-state index contributed by atoms with van der Waals surface area (Å²) in [6.45, 7) is 17.0. The molecule has 1 aliphatic heterocycles. The molecule has 0 unspecified atom stereocenters. The molecule has 1 N–H and O–H groups in total. The predicted octanol–water partition coefficient (Wildman–Crippen LogP) is 7.21. The summed E-state index contributed by atoms with van der Waals surface area (Å²) in [5, 5.41) is 3.09. The molecule has 3 amide bonds. The summed E-state index contributed by atoms with van der Waals surface area (Å²) in [5.74, 6) is -2.06. The van der Waals surface area contributed by atoms with Gasteiger partial charge in [0.1, 0.15) is 5.78 Å². The number of likely N-dealkylation sites (tertiary alicyclic amines) is 1. The Balaban J connectivity index is 1.78. The number of likely N-dealkylation sites (N-methyl/N-ethyl adjacent to an activating group) is 2. The van der Waals surface area contributed by atoms with Crippen molar-refractivity contribution in [2.75, 3.05) is 48.5 Å². The van der Waals surface area contributed by atoms with Gasteiger partial charge in [-0.25, -0.2) is 0 Å². The zero-order valence-corrected chi connectivity index (χ0v) is 40.3. The summed E-state index contributed by atoms with van der Waals surface area (Å²) < 4.78 is 12.2. The average molecular weight is 861 g/mol. The second-order valence-corrected chi connectivity index (χ2v) is 18.8. The van der Waals surface area contributed by atoms with E-state index in [1.54, 1.807) is 26.2 Å². The third-order valence-corrected chi connectivity index (χ3v) is 13.4. The SMILES string of the molecule is CC[C@H](C)[C@@H]([C@@H](CC(=O)N1CCC[C@H]1[C@H](OC)[C@@H](C)C(=O)C[C@@H](Cc1ccccc1)C(=O)NCCc1ccc(C)cc1)OC)N(C)C(=O)[C@@H](CC(=O)[C@H](C(C)C)N(C)C)C(C)C. The average Bonchev–Trinajstić information content (AvgIpc) is 3.72. The van der Waals surface area contributed by atoms with Gasteiger partial charge in [0.25, 0.3) is 0 Å². The number of benzene rings is 2. The van der Waals surface area contributed by atoms with Gasteiger partial charge in [0.2, 0.25) is 17.7 Å². The smallest absolute Gasteiger partial charge is 0.226 e. The standard InChI is InChI=1S/C51H80N4O7/c1-14-36(7)48(54(11)51(60)41(33(2)3)31-44(57)47(34(4)5)53(9)10)45(61-12)32-46(58)55-28-18-21-42(55)49(62-13)37(8)43(56)30-40(29-39-19-16-15-17-20-39)50(59)52-27-26-38-24-22-35(6)23-25-38/h15-17,19-20,22-25,33-34,36-37,40-42,45,47-49H,14,18,21,26-32H2,1-13H3,(H,52,59)/t36-,37-,40+,41-,42-,45+,47-,48-,49+/m0/s1. The minimum absolute atomic E-state index is 0.00205. The van der Waals surface area contributed by atoms with Crippen LogP contribution in [-0.4, -0.2) is 123 Å². The molecule has 11 nitrogen and oxygen atoms in total. The largest absolute Gasteiger partial charge is 0.379 e. The van der Waals surface area contributed by atoms with Crippen LogP contribution in [0.2, 0.25) is 0 Å². The third kappa shape index (κ3) is 14.6. The maximum Gasteiger partial charge on any atom is 0.226 e. The Kier molecular flexibility index (Phi) is 21.5. The zero-order chi connectivity index (χ0) is 46.3. The van der Waals surface area contributed by atoms with Crippen molar-refractivity contribution in [1.82, 2.24) is 20.0 Å². The van der Waals surface area contributed by atoms with E-state index in [1.807, 2.05) is 95.8 Å². The summed E-state index contributed by atoms with van der Waals surface area (Å²) >= 11 is 0. The van der Waals surface area contributed by atoms with Crippen molar-refractivity contribution in [3.63, 3.8) is 0 Å². The van der Waals surface area contributed by atoms with Crippen molar-refractivity contribution in [3.05, 3.63) is 71.3 Å². The second-order valence-electron chi connectivity index (χ2n) is 18.8. The van der Waals surface area contributed by atoms with E-state index >= 15 is 0 Å². The number of ether oxygens (including phenoxy) is 2. The lowest BCUT2D eigenvalue weighted by molar-refractivity contribution is -0.149. The van der Waals surface area contributed by atoms with Gasteiger partial charge in [-0.1, -0.05) is 115 Å². The number of amides is 3. The van der Waals surface area contributed by atoms with E-state index in [9.17, 15) is 24.0 Å². The van der Waals surface area contributed by atoms with Crippen molar-refractivity contribution in [2.45, 2.75) is 137 Å². The van der Waals surface area contributed by atoms with E-state index < -0.39 is 36.0 Å². The number of hydrogen-bond acceptors (Lipinski definition) is 8. The first kappa shape index (κ1) is 52.4. The van der Waals surface area contributed by atoms with Crippen LogP contribution in [0.5, 0.6) is 0 Å². The minimum atomic E-state index is -0.607. The van der Waals surface area contributed by atoms with Crippen LogP contribution in [0.15, 0.2) is 54.6 Å². The number of ketones is 2. The molecular weight excluding hydrogens is 781 g/mol. The van der Waals surface area contributed by atoms with Crippen molar-refractivity contribution in [3.8, 4) is 0 Å². The van der Waals surface area contributed by atoms with Gasteiger partial charge in [0.05, 0.1) is 36.8 Å². The summed E-state index contributed by atoms with van der Waals surface area (Å²) in [6.07, 6.45) is 2.36. The van der Waals surface area contributed by atoms with Crippen molar-refractivity contribution in [2.24, 2.45) is 35.5 Å². The Morgan fingerprint density at radius 3 is 2.00 bits per heavy atom. The lowest BCUT2D eigenvalue weighted by atomic mass is 9.83. The highest BCUT2D eigenvalue weighted by atomic mass is 16.5. The molecule has 2 aromatic rings. The fourth-order valence-electron chi connectivity index (χ4n) is 9.62. The number of carbonyl (C=O) groups excluding carboxylic acids is 5. The number of Topliss-reactive ketones (excluding diaryl/α,β-unsaturated/α-hetero) is 2. The van der Waals surface area contributed by atoms with Crippen LogP contribution in [0.1, 0.15) is 104 Å². The maximum absolute atomic E-state index is 14.4. The molecule has 0 saturated carbocycles. The molecule has 0 radical (unpaired) electrons. The van der Waals surface area contributed by atoms with Gasteiger partial charge in [-0.2, -0.15) is 0 Å². The second kappa shape index (κ2) is 25.4. The molecule has 0 aliphatic carbocycles. The molecule has 346 valence electrons. The van der Waals surface area contributed by atoms with E-state index in [1.165, 1.54) is 5.56 Å². The zero-order valence-electron chi connectivity index (χ0n) is 40.3. The number of nitrogens with one attached hydrogen (secondary N) is 1. The van der Waals surface area contributed by atoms with Gasteiger partial charge in [-0.3, -0.25) is 28.9 Å². The molecule has 3 rings (SSSR count). The van der Waals surface area contributed by atoms with Crippen molar-refractivity contribution >= 4 is 29.3 Å². The first-order chi connectivity index (χ1) is 29.4. The maximum atomic E-state index is 14.4. The van der Waals surface area contributed by atoms with Crippen LogP contribution in [0.3, 0.4) is 0 Å². The van der Waals surface area contributed by atoms with E-state index in [0.29, 0.717) is 32.4 Å². The van der Waals surface area contributed by atoms with Gasteiger partial charge >= 0.3 is 0 Å². The quantitative estimate of drug-likeness (QED) is 0.105. The van der Waals surface area contributed by atoms with Crippen molar-refractivity contribution in [1.29, 1.82) is 0 Å². The highest BCUT2D eigenvalue weighted by Gasteiger charge is 2.43.